The van der Waals surface area contributed by atoms with Gasteiger partial charge in [-0.3, -0.25) is 9.11 Å². The Balaban J connectivity index is 1.74. The summed E-state index contributed by atoms with van der Waals surface area (Å²) in [6.45, 7) is 2.85. The molecule has 2 heterocycles. The maximum absolute atomic E-state index is 11.8. The van der Waals surface area contributed by atoms with Crippen molar-refractivity contribution in [3.63, 3.8) is 0 Å². The SMILES string of the molecule is CC(CN1/C(=C/C2Sc3ccc(Cl)cc3N2CC(C)S(=O)(=O)O)Sc2ccc(Cl)cc21)S(=O)(=O)O. The predicted octanol–water partition coefficient (Wildman–Crippen LogP) is 5.24. The van der Waals surface area contributed by atoms with E-state index in [-0.39, 0.29) is 18.5 Å². The van der Waals surface area contributed by atoms with Crippen LogP contribution in [-0.2, 0) is 20.2 Å². The minimum absolute atomic E-state index is 0.0113. The first kappa shape index (κ1) is 26.9. The highest BCUT2D eigenvalue weighted by Crippen LogP contribution is 2.50. The number of hydrogen-bond acceptors (Lipinski definition) is 8. The molecule has 0 bridgehead atoms. The fourth-order valence-corrected chi connectivity index (χ4v) is 7.15. The monoisotopic (exact) mass is 596 g/mol. The van der Waals surface area contributed by atoms with Gasteiger partial charge in [0.1, 0.15) is 15.9 Å². The fraction of sp³-hybridized carbons (Fsp3) is 0.333. The smallest absolute Gasteiger partial charge is 0.269 e. The molecule has 3 atom stereocenters. The van der Waals surface area contributed by atoms with Crippen LogP contribution >= 0.6 is 46.7 Å². The first-order valence-electron chi connectivity index (χ1n) is 10.4. The highest BCUT2D eigenvalue weighted by atomic mass is 35.5. The van der Waals surface area contributed by atoms with Crippen LogP contribution in [-0.4, -0.2) is 54.9 Å². The number of thioether (sulfide) groups is 2. The largest absolute Gasteiger partial charge is 0.353 e. The number of anilines is 2. The Labute approximate surface area is 223 Å². The van der Waals surface area contributed by atoms with Crippen molar-refractivity contribution < 1.29 is 25.9 Å². The molecule has 14 heteroatoms. The second-order valence-corrected chi connectivity index (χ2v) is 15.0. The second kappa shape index (κ2) is 9.97. The zero-order valence-corrected chi connectivity index (χ0v) is 23.3. The van der Waals surface area contributed by atoms with Crippen molar-refractivity contribution in [2.75, 3.05) is 22.9 Å². The molecule has 8 nitrogen and oxygen atoms in total. The van der Waals surface area contributed by atoms with Crippen molar-refractivity contribution in [3.05, 3.63) is 57.5 Å². The molecule has 2 aromatic carbocycles. The summed E-state index contributed by atoms with van der Waals surface area (Å²) in [6.07, 6.45) is 1.91. The Bertz CT molecular complexity index is 1400. The van der Waals surface area contributed by atoms with Gasteiger partial charge in [0.2, 0.25) is 0 Å². The molecule has 0 aromatic heterocycles. The minimum atomic E-state index is -4.28. The Morgan fingerprint density at radius 1 is 0.914 bits per heavy atom. The van der Waals surface area contributed by atoms with Gasteiger partial charge in [-0.2, -0.15) is 16.8 Å². The molecule has 0 saturated heterocycles. The van der Waals surface area contributed by atoms with Crippen LogP contribution < -0.4 is 9.80 Å². The quantitative estimate of drug-likeness (QED) is 0.411. The maximum atomic E-state index is 11.8. The van der Waals surface area contributed by atoms with Gasteiger partial charge in [0.15, 0.2) is 0 Å². The van der Waals surface area contributed by atoms with Crippen LogP contribution in [0.25, 0.3) is 0 Å². The highest BCUT2D eigenvalue weighted by Gasteiger charge is 2.36. The second-order valence-electron chi connectivity index (χ2n) is 8.25. The first-order chi connectivity index (χ1) is 16.2. The lowest BCUT2D eigenvalue weighted by Crippen LogP contribution is -2.38. The number of halogens is 2. The molecular formula is C21H22Cl2N2O6S4. The summed E-state index contributed by atoms with van der Waals surface area (Å²) in [6, 6.07) is 10.6. The molecule has 2 aliphatic heterocycles. The molecule has 0 fully saturated rings. The van der Waals surface area contributed by atoms with E-state index in [1.165, 1.54) is 37.4 Å². The van der Waals surface area contributed by atoms with Gasteiger partial charge in [0.05, 0.1) is 16.4 Å². The molecule has 2 N–H and O–H groups in total. The molecule has 0 radical (unpaired) electrons. The van der Waals surface area contributed by atoms with Crippen LogP contribution in [0.3, 0.4) is 0 Å². The van der Waals surface area contributed by atoms with E-state index in [2.05, 4.69) is 0 Å². The fourth-order valence-electron chi connectivity index (χ4n) is 3.70. The molecule has 2 aliphatic rings. The molecule has 2 aromatic rings. The zero-order valence-electron chi connectivity index (χ0n) is 18.5. The minimum Gasteiger partial charge on any atom is -0.353 e. The van der Waals surface area contributed by atoms with Gasteiger partial charge in [0.25, 0.3) is 20.2 Å². The third kappa shape index (κ3) is 5.90. The third-order valence-corrected chi connectivity index (χ3v) is 10.8. The van der Waals surface area contributed by atoms with Crippen molar-refractivity contribution in [1.82, 2.24) is 0 Å². The maximum Gasteiger partial charge on any atom is 0.269 e. The zero-order chi connectivity index (χ0) is 25.7. The number of fused-ring (bicyclic) bond motifs is 2. The summed E-state index contributed by atoms with van der Waals surface area (Å²) in [5.74, 6) is 0. The van der Waals surface area contributed by atoms with Crippen LogP contribution in [0.4, 0.5) is 11.4 Å². The van der Waals surface area contributed by atoms with Gasteiger partial charge >= 0.3 is 0 Å². The van der Waals surface area contributed by atoms with Crippen molar-refractivity contribution >= 4 is 78.3 Å². The van der Waals surface area contributed by atoms with Crippen LogP contribution in [0.1, 0.15) is 13.8 Å². The van der Waals surface area contributed by atoms with Crippen LogP contribution in [0, 0.1) is 0 Å². The molecule has 0 amide bonds. The summed E-state index contributed by atoms with van der Waals surface area (Å²) in [4.78, 5) is 5.38. The number of rotatable bonds is 7. The summed E-state index contributed by atoms with van der Waals surface area (Å²) in [5.41, 5.74) is 1.45. The van der Waals surface area contributed by atoms with E-state index in [9.17, 15) is 25.9 Å². The predicted molar refractivity (Wildman–Crippen MR) is 143 cm³/mol. The van der Waals surface area contributed by atoms with Crippen LogP contribution in [0.2, 0.25) is 10.0 Å². The number of nitrogens with zero attached hydrogens (tertiary/aromatic N) is 2. The van der Waals surface area contributed by atoms with Crippen molar-refractivity contribution in [1.29, 1.82) is 0 Å². The van der Waals surface area contributed by atoms with Gasteiger partial charge in [-0.1, -0.05) is 46.7 Å². The molecule has 190 valence electrons. The summed E-state index contributed by atoms with van der Waals surface area (Å²) in [7, 11) is -8.56. The van der Waals surface area contributed by atoms with E-state index < -0.39 is 30.7 Å². The number of benzene rings is 2. The van der Waals surface area contributed by atoms with Gasteiger partial charge < -0.3 is 9.80 Å². The van der Waals surface area contributed by atoms with Crippen molar-refractivity contribution in [2.24, 2.45) is 0 Å². The summed E-state index contributed by atoms with van der Waals surface area (Å²) in [5, 5.41) is -0.822. The first-order valence-corrected chi connectivity index (χ1v) is 15.8. The molecule has 0 saturated carbocycles. The van der Waals surface area contributed by atoms with E-state index in [1.807, 2.05) is 23.1 Å². The Hall–Kier alpha value is -1.12. The Morgan fingerprint density at radius 2 is 1.46 bits per heavy atom. The van der Waals surface area contributed by atoms with Crippen LogP contribution in [0.5, 0.6) is 0 Å². The molecule has 0 spiro atoms. The molecular weight excluding hydrogens is 575 g/mol. The lowest BCUT2D eigenvalue weighted by atomic mass is 10.2. The lowest BCUT2D eigenvalue weighted by molar-refractivity contribution is 0.468. The topological polar surface area (TPSA) is 115 Å². The van der Waals surface area contributed by atoms with Crippen molar-refractivity contribution in [3.8, 4) is 0 Å². The average molecular weight is 598 g/mol. The highest BCUT2D eigenvalue weighted by molar-refractivity contribution is 8.04. The summed E-state index contributed by atoms with van der Waals surface area (Å²) >= 11 is 15.3. The molecule has 4 rings (SSSR count). The van der Waals surface area contributed by atoms with Gasteiger partial charge in [-0.05, 0) is 56.3 Å². The van der Waals surface area contributed by atoms with E-state index in [4.69, 9.17) is 23.2 Å². The van der Waals surface area contributed by atoms with Crippen LogP contribution in [0.15, 0.2) is 57.3 Å². The molecule has 3 unspecified atom stereocenters. The summed E-state index contributed by atoms with van der Waals surface area (Å²) < 4.78 is 66.2. The van der Waals surface area contributed by atoms with Crippen molar-refractivity contribution in [2.45, 2.75) is 39.5 Å². The third-order valence-electron chi connectivity index (χ3n) is 5.67. The average Bonchev–Trinajstić information content (AvgIpc) is 3.24. The van der Waals surface area contributed by atoms with Gasteiger partial charge in [-0.15, -0.1) is 0 Å². The van der Waals surface area contributed by atoms with E-state index in [0.717, 1.165) is 15.5 Å². The Kier molecular flexibility index (Phi) is 7.67. The standard InChI is InChI=1S/C21H22Cl2N2O6S4/c1-12(34(26,27)28)10-24-16-7-14(22)3-5-18(16)32-20(24)9-21-25(11-13(2)35(29,30)31)17-8-15(23)4-6-19(17)33-21/h3-9,12-13,20H,10-11H2,1-2H3,(H,26,27,28)(H,29,30,31)/b21-9-. The molecule has 0 aliphatic carbocycles. The Morgan fingerprint density at radius 3 is 2.06 bits per heavy atom. The van der Waals surface area contributed by atoms with E-state index in [1.54, 1.807) is 29.2 Å². The van der Waals surface area contributed by atoms with E-state index in [0.29, 0.717) is 20.8 Å². The number of hydrogen-bond donors (Lipinski definition) is 2. The normalized spacial score (nSPS) is 20.7. The lowest BCUT2D eigenvalue weighted by Gasteiger charge is -2.29. The van der Waals surface area contributed by atoms with E-state index >= 15 is 0 Å². The van der Waals surface area contributed by atoms with Gasteiger partial charge in [0, 0.05) is 32.9 Å². The van der Waals surface area contributed by atoms with Gasteiger partial charge in [-0.25, -0.2) is 0 Å². The molecule has 35 heavy (non-hydrogen) atoms.